The van der Waals surface area contributed by atoms with Crippen LogP contribution in [-0.2, 0) is 9.53 Å². The van der Waals surface area contributed by atoms with Gasteiger partial charge >= 0.3 is 5.97 Å². The highest BCUT2D eigenvalue weighted by Crippen LogP contribution is 2.34. The molecule has 2 aromatic rings. The number of rotatable bonds is 6. The maximum Gasteiger partial charge on any atom is 0.310 e. The molecule has 1 fully saturated rings. The van der Waals surface area contributed by atoms with Crippen LogP contribution < -0.4 is 10.1 Å². The highest BCUT2D eigenvalue weighted by Gasteiger charge is 2.32. The van der Waals surface area contributed by atoms with E-state index in [1.807, 2.05) is 0 Å². The molecule has 27 heavy (non-hydrogen) atoms. The van der Waals surface area contributed by atoms with E-state index in [1.54, 1.807) is 18.2 Å². The molecule has 146 valence electrons. The molecule has 0 aliphatic carbocycles. The summed E-state index contributed by atoms with van der Waals surface area (Å²) in [4.78, 5) is 16.1. The van der Waals surface area contributed by atoms with Crippen molar-refractivity contribution in [3.8, 4) is 5.75 Å². The van der Waals surface area contributed by atoms with E-state index >= 15 is 0 Å². The fourth-order valence-corrected chi connectivity index (χ4v) is 3.84. The standard InChI is InChI=1S/C20H25FN2O4/c1-26-13-4-5-17-14(9-13)19(16(21)11-23-17)18(24)6-3-12-7-8-22-10-15(12)20(25)27-2/h4-5,9,11-12,15,18,22,24H,3,6-8,10H2,1-2H3/t12?,15-,18-/m1/s1. The van der Waals surface area contributed by atoms with E-state index in [9.17, 15) is 14.3 Å². The molecule has 0 radical (unpaired) electrons. The molecule has 1 aliphatic heterocycles. The summed E-state index contributed by atoms with van der Waals surface area (Å²) in [6.45, 7) is 1.38. The number of aromatic nitrogens is 1. The van der Waals surface area contributed by atoms with Crippen LogP contribution in [0.1, 0.15) is 30.9 Å². The van der Waals surface area contributed by atoms with Crippen molar-refractivity contribution in [1.29, 1.82) is 0 Å². The Balaban J connectivity index is 1.80. The Hall–Kier alpha value is -2.25. The first-order valence-electron chi connectivity index (χ1n) is 9.14. The smallest absolute Gasteiger partial charge is 0.310 e. The fourth-order valence-electron chi connectivity index (χ4n) is 3.84. The van der Waals surface area contributed by atoms with Crippen molar-refractivity contribution in [2.45, 2.75) is 25.4 Å². The number of hydrogen-bond donors (Lipinski definition) is 2. The highest BCUT2D eigenvalue weighted by molar-refractivity contribution is 5.84. The minimum Gasteiger partial charge on any atom is -0.497 e. The van der Waals surface area contributed by atoms with Gasteiger partial charge in [0, 0.05) is 17.5 Å². The number of halogens is 1. The monoisotopic (exact) mass is 376 g/mol. The van der Waals surface area contributed by atoms with Gasteiger partial charge in [0.1, 0.15) is 11.6 Å². The number of fused-ring (bicyclic) bond motifs is 1. The Kier molecular flexibility index (Phi) is 6.23. The van der Waals surface area contributed by atoms with Crippen molar-refractivity contribution >= 4 is 16.9 Å². The molecular formula is C20H25FN2O4. The normalized spacial score (nSPS) is 21.0. The van der Waals surface area contributed by atoms with Gasteiger partial charge in [0.05, 0.1) is 38.0 Å². The molecule has 1 aromatic carbocycles. The van der Waals surface area contributed by atoms with E-state index in [-0.39, 0.29) is 23.4 Å². The number of aliphatic hydroxyl groups excluding tert-OH is 1. The summed E-state index contributed by atoms with van der Waals surface area (Å²) in [7, 11) is 2.92. The first-order chi connectivity index (χ1) is 13.0. The molecule has 1 aromatic heterocycles. The topological polar surface area (TPSA) is 80.7 Å². The second-order valence-electron chi connectivity index (χ2n) is 6.88. The number of benzene rings is 1. The number of aliphatic hydroxyl groups is 1. The molecule has 0 saturated carbocycles. The number of esters is 1. The van der Waals surface area contributed by atoms with Crippen LogP contribution in [0.25, 0.3) is 10.9 Å². The fraction of sp³-hybridized carbons (Fsp3) is 0.500. The zero-order valence-electron chi connectivity index (χ0n) is 15.6. The van der Waals surface area contributed by atoms with Crippen molar-refractivity contribution in [3.05, 3.63) is 35.8 Å². The number of hydrogen-bond acceptors (Lipinski definition) is 6. The number of ether oxygens (including phenoxy) is 2. The average Bonchev–Trinajstić information content (AvgIpc) is 2.71. The minimum absolute atomic E-state index is 0.0963. The minimum atomic E-state index is -0.990. The van der Waals surface area contributed by atoms with Crippen molar-refractivity contribution in [2.75, 3.05) is 27.3 Å². The third-order valence-corrected chi connectivity index (χ3v) is 5.34. The van der Waals surface area contributed by atoms with Crippen molar-refractivity contribution in [3.63, 3.8) is 0 Å². The van der Waals surface area contributed by atoms with Gasteiger partial charge in [-0.05, 0) is 49.9 Å². The van der Waals surface area contributed by atoms with Crippen LogP contribution in [0.15, 0.2) is 24.4 Å². The summed E-state index contributed by atoms with van der Waals surface area (Å²) >= 11 is 0. The molecule has 3 atom stereocenters. The Bertz CT molecular complexity index is 814. The van der Waals surface area contributed by atoms with E-state index in [2.05, 4.69) is 10.3 Å². The number of nitrogens with one attached hydrogen (secondary N) is 1. The molecule has 0 bridgehead atoms. The molecule has 2 N–H and O–H groups in total. The Morgan fingerprint density at radius 1 is 1.44 bits per heavy atom. The van der Waals surface area contributed by atoms with E-state index in [0.717, 1.165) is 19.2 Å². The number of carbonyl (C=O) groups is 1. The van der Waals surface area contributed by atoms with Gasteiger partial charge in [0.25, 0.3) is 0 Å². The zero-order chi connectivity index (χ0) is 19.4. The van der Waals surface area contributed by atoms with Gasteiger partial charge in [-0.3, -0.25) is 9.78 Å². The largest absolute Gasteiger partial charge is 0.497 e. The lowest BCUT2D eigenvalue weighted by Crippen LogP contribution is -2.41. The molecule has 1 saturated heterocycles. The van der Waals surface area contributed by atoms with E-state index in [0.29, 0.717) is 36.0 Å². The van der Waals surface area contributed by atoms with Crippen LogP contribution in [0.5, 0.6) is 5.75 Å². The summed E-state index contributed by atoms with van der Waals surface area (Å²) in [5.41, 5.74) is 0.822. The van der Waals surface area contributed by atoms with Crippen LogP contribution in [0.2, 0.25) is 0 Å². The lowest BCUT2D eigenvalue weighted by atomic mass is 9.82. The molecule has 3 rings (SSSR count). The maximum atomic E-state index is 14.5. The van der Waals surface area contributed by atoms with Crippen LogP contribution in [0, 0.1) is 17.7 Å². The summed E-state index contributed by atoms with van der Waals surface area (Å²) < 4.78 is 24.6. The molecule has 1 aliphatic rings. The first kappa shape index (κ1) is 19.5. The second-order valence-corrected chi connectivity index (χ2v) is 6.88. The predicted molar refractivity (Wildman–Crippen MR) is 98.9 cm³/mol. The number of pyridine rings is 1. The molecule has 0 spiro atoms. The molecule has 2 heterocycles. The van der Waals surface area contributed by atoms with Gasteiger partial charge in [-0.2, -0.15) is 0 Å². The number of carbonyl (C=O) groups excluding carboxylic acids is 1. The highest BCUT2D eigenvalue weighted by atomic mass is 19.1. The van der Waals surface area contributed by atoms with Gasteiger partial charge in [0.15, 0.2) is 0 Å². The van der Waals surface area contributed by atoms with Crippen LogP contribution >= 0.6 is 0 Å². The van der Waals surface area contributed by atoms with Crippen molar-refractivity contribution in [1.82, 2.24) is 10.3 Å². The Labute approximate surface area is 157 Å². The van der Waals surface area contributed by atoms with Gasteiger partial charge in [0.2, 0.25) is 0 Å². The predicted octanol–water partition coefficient (Wildman–Crippen LogP) is 2.59. The van der Waals surface area contributed by atoms with E-state index in [1.165, 1.54) is 14.2 Å². The van der Waals surface area contributed by atoms with Crippen LogP contribution in [-0.4, -0.2) is 43.4 Å². The maximum absolute atomic E-state index is 14.5. The van der Waals surface area contributed by atoms with E-state index in [4.69, 9.17) is 9.47 Å². The Morgan fingerprint density at radius 3 is 3.00 bits per heavy atom. The summed E-state index contributed by atoms with van der Waals surface area (Å²) in [5.74, 6) is -0.355. The van der Waals surface area contributed by atoms with Crippen LogP contribution in [0.4, 0.5) is 4.39 Å². The first-order valence-corrected chi connectivity index (χ1v) is 9.14. The summed E-state index contributed by atoms with van der Waals surface area (Å²) in [6, 6.07) is 5.18. The number of piperidine rings is 1. The lowest BCUT2D eigenvalue weighted by molar-refractivity contribution is -0.148. The van der Waals surface area contributed by atoms with Gasteiger partial charge in [-0.25, -0.2) is 4.39 Å². The molecule has 1 unspecified atom stereocenters. The molecule has 7 heteroatoms. The van der Waals surface area contributed by atoms with Crippen molar-refractivity contribution in [2.24, 2.45) is 11.8 Å². The quantitative estimate of drug-likeness (QED) is 0.755. The molecule has 6 nitrogen and oxygen atoms in total. The second kappa shape index (κ2) is 8.63. The summed E-state index contributed by atoms with van der Waals surface area (Å²) in [6.07, 6.45) is 1.92. The van der Waals surface area contributed by atoms with Crippen molar-refractivity contribution < 1.29 is 23.8 Å². The zero-order valence-corrected chi connectivity index (χ0v) is 15.6. The third-order valence-electron chi connectivity index (χ3n) is 5.34. The van der Waals surface area contributed by atoms with Crippen LogP contribution in [0.3, 0.4) is 0 Å². The summed E-state index contributed by atoms with van der Waals surface area (Å²) in [5, 5.41) is 14.5. The number of nitrogens with zero attached hydrogens (tertiary/aromatic N) is 1. The molecule has 0 amide bonds. The SMILES string of the molecule is COC(=O)[C@@H]1CNCCC1CC[C@@H](O)c1c(F)cnc2ccc(OC)cc12. The average molecular weight is 376 g/mol. The van der Waals surface area contributed by atoms with Gasteiger partial charge < -0.3 is 19.9 Å². The van der Waals surface area contributed by atoms with Gasteiger partial charge in [-0.1, -0.05) is 0 Å². The lowest BCUT2D eigenvalue weighted by Gasteiger charge is -2.30. The third kappa shape index (κ3) is 4.20. The van der Waals surface area contributed by atoms with Gasteiger partial charge in [-0.15, -0.1) is 0 Å². The Morgan fingerprint density at radius 2 is 2.26 bits per heavy atom. The molecular weight excluding hydrogens is 351 g/mol. The van der Waals surface area contributed by atoms with E-state index < -0.39 is 11.9 Å². The number of methoxy groups -OCH3 is 2.